The lowest BCUT2D eigenvalue weighted by molar-refractivity contribution is -0.144. The number of para-hydroxylation sites is 1. The van der Waals surface area contributed by atoms with E-state index in [2.05, 4.69) is 20.0 Å². The molecule has 0 amide bonds. The van der Waals surface area contributed by atoms with Gasteiger partial charge in [0.25, 0.3) is 0 Å². The molecule has 2 aromatic heterocycles. The number of ether oxygens (including phenoxy) is 3. The predicted molar refractivity (Wildman–Crippen MR) is 135 cm³/mol. The van der Waals surface area contributed by atoms with Gasteiger partial charge in [-0.2, -0.15) is 10.1 Å². The van der Waals surface area contributed by atoms with Gasteiger partial charge < -0.3 is 28.9 Å². The van der Waals surface area contributed by atoms with Crippen LogP contribution in [-0.2, 0) is 23.4 Å². The molecule has 4 N–H and O–H groups in total. The third-order valence-electron chi connectivity index (χ3n) is 5.99. The van der Waals surface area contributed by atoms with E-state index in [1.807, 2.05) is 0 Å². The Balaban J connectivity index is 1.57. The van der Waals surface area contributed by atoms with Crippen LogP contribution in [0.3, 0.4) is 0 Å². The first-order chi connectivity index (χ1) is 18.5. The third kappa shape index (κ3) is 5.98. The fourth-order valence-electron chi connectivity index (χ4n) is 4.05. The van der Waals surface area contributed by atoms with Gasteiger partial charge in [-0.25, -0.2) is 14.3 Å². The maximum Gasteiger partial charge on any atom is 0.459 e. The number of aromatic nitrogens is 4. The number of aliphatic hydroxyl groups is 2. The molecule has 4 rings (SSSR count). The van der Waals surface area contributed by atoms with E-state index >= 15 is 0 Å². The zero-order valence-corrected chi connectivity index (χ0v) is 22.5. The van der Waals surface area contributed by atoms with Crippen molar-refractivity contribution >= 4 is 24.9 Å². The maximum atomic E-state index is 13.7. The van der Waals surface area contributed by atoms with Gasteiger partial charge in [0.15, 0.2) is 11.7 Å². The van der Waals surface area contributed by atoms with Gasteiger partial charge in [-0.05, 0) is 32.9 Å². The summed E-state index contributed by atoms with van der Waals surface area (Å²) in [6, 6.07) is 7.07. The van der Waals surface area contributed by atoms with Crippen molar-refractivity contribution in [3.05, 3.63) is 47.1 Å². The summed E-state index contributed by atoms with van der Waals surface area (Å²) < 4.78 is 42.1. The number of nitrogens with one attached hydrogen (secondary N) is 2. The lowest BCUT2D eigenvalue weighted by atomic mass is 9.96. The van der Waals surface area contributed by atoms with Crippen LogP contribution in [0.1, 0.15) is 27.0 Å². The number of esters is 1. The summed E-state index contributed by atoms with van der Waals surface area (Å²) in [5.74, 6) is -0.519. The first kappa shape index (κ1) is 28.7. The number of carbonyl (C=O) groups is 1. The Hall–Kier alpha value is -3.33. The van der Waals surface area contributed by atoms with Gasteiger partial charge in [-0.1, -0.05) is 18.2 Å². The van der Waals surface area contributed by atoms with Gasteiger partial charge in [0, 0.05) is 0 Å². The van der Waals surface area contributed by atoms with Gasteiger partial charge in [0.1, 0.15) is 35.2 Å². The van der Waals surface area contributed by atoms with Crippen LogP contribution < -0.4 is 20.0 Å². The Bertz CT molecular complexity index is 1410. The van der Waals surface area contributed by atoms with Crippen molar-refractivity contribution in [3.8, 4) is 11.6 Å². The quantitative estimate of drug-likeness (QED) is 0.188. The molecule has 1 fully saturated rings. The molecule has 0 radical (unpaired) electrons. The summed E-state index contributed by atoms with van der Waals surface area (Å²) in [6.45, 7) is 3.98. The lowest BCUT2D eigenvalue weighted by Gasteiger charge is -2.27. The third-order valence-corrected chi connectivity index (χ3v) is 7.64. The van der Waals surface area contributed by atoms with E-state index in [1.165, 1.54) is 31.9 Å². The summed E-state index contributed by atoms with van der Waals surface area (Å²) in [7, 11) is -2.92. The van der Waals surface area contributed by atoms with Crippen LogP contribution >= 0.6 is 7.75 Å². The molecule has 6 atom stereocenters. The number of hydrogen-bond acceptors (Lipinski definition) is 12. The number of methoxy groups -OCH3 is 1. The van der Waals surface area contributed by atoms with Crippen molar-refractivity contribution < 1.29 is 42.8 Å². The smallest absolute Gasteiger partial charge is 0.459 e. The molecule has 0 bridgehead atoms. The molecule has 3 aromatic rings. The molecular formula is C23H30N5O10P. The summed E-state index contributed by atoms with van der Waals surface area (Å²) in [4.78, 5) is 34.6. The molecule has 1 aliphatic rings. The zero-order chi connectivity index (χ0) is 28.4. The molecule has 212 valence electrons. The number of H-pyrrole nitrogens is 1. The fourth-order valence-corrected chi connectivity index (χ4v) is 5.55. The largest absolute Gasteiger partial charge is 0.479 e. The number of carbonyl (C=O) groups excluding carboxylic acids is 1. The average Bonchev–Trinajstić information content (AvgIpc) is 3.40. The van der Waals surface area contributed by atoms with Crippen LogP contribution in [0.15, 0.2) is 41.5 Å². The van der Waals surface area contributed by atoms with Crippen LogP contribution in [0.25, 0.3) is 11.2 Å². The Morgan fingerprint density at radius 3 is 2.74 bits per heavy atom. The predicted octanol–water partition coefficient (Wildman–Crippen LogP) is 0.882. The Morgan fingerprint density at radius 1 is 1.36 bits per heavy atom. The van der Waals surface area contributed by atoms with Crippen molar-refractivity contribution in [1.82, 2.24) is 24.6 Å². The number of imidazole rings is 1. The Morgan fingerprint density at radius 2 is 2.08 bits per heavy atom. The molecule has 0 saturated carbocycles. The van der Waals surface area contributed by atoms with Crippen LogP contribution in [0.4, 0.5) is 0 Å². The maximum absolute atomic E-state index is 13.7. The number of nitrogens with zero attached hydrogens (tertiary/aromatic N) is 3. The second-order valence-electron chi connectivity index (χ2n) is 8.90. The van der Waals surface area contributed by atoms with Crippen LogP contribution in [-0.4, -0.2) is 79.9 Å². The Labute approximate surface area is 222 Å². The molecule has 1 aliphatic heterocycles. The second kappa shape index (κ2) is 11.4. The normalized spacial score (nSPS) is 25.2. The van der Waals surface area contributed by atoms with Crippen LogP contribution in [0.5, 0.6) is 11.6 Å². The minimum Gasteiger partial charge on any atom is -0.479 e. The highest BCUT2D eigenvalue weighted by molar-refractivity contribution is 7.52. The van der Waals surface area contributed by atoms with E-state index in [4.69, 9.17) is 23.3 Å². The summed E-state index contributed by atoms with van der Waals surface area (Å²) in [6.07, 6.45) is -2.73. The summed E-state index contributed by atoms with van der Waals surface area (Å²) in [5, 5.41) is 24.6. The lowest BCUT2D eigenvalue weighted by Crippen LogP contribution is -2.44. The fraction of sp³-hybridized carbons (Fsp3) is 0.478. The van der Waals surface area contributed by atoms with Crippen molar-refractivity contribution in [2.75, 3.05) is 20.3 Å². The van der Waals surface area contributed by atoms with Gasteiger partial charge in [0.05, 0.1) is 26.7 Å². The zero-order valence-electron chi connectivity index (χ0n) is 21.6. The highest BCUT2D eigenvalue weighted by Crippen LogP contribution is 2.47. The van der Waals surface area contributed by atoms with E-state index in [-0.39, 0.29) is 29.4 Å². The second-order valence-corrected chi connectivity index (χ2v) is 10.6. The molecule has 1 aromatic carbocycles. The van der Waals surface area contributed by atoms with Gasteiger partial charge >= 0.3 is 19.4 Å². The van der Waals surface area contributed by atoms with E-state index in [0.29, 0.717) is 0 Å². The number of hydrogen-bond donors (Lipinski definition) is 4. The first-order valence-corrected chi connectivity index (χ1v) is 13.5. The number of aliphatic hydroxyl groups excluding tert-OH is 1. The SMILES string of the molecule is CCOC(=O)[C@H](C)NP(=O)(OC[C@H]1O[C@@H](n2cnc3c(OC)nc(=O)[nH]c32)[C@](C)(O)[C@@H]1O)Oc1ccccc1. The number of fused-ring (bicyclic) bond motifs is 1. The average molecular weight is 567 g/mol. The van der Waals surface area contributed by atoms with Crippen LogP contribution in [0, 0.1) is 0 Å². The molecular weight excluding hydrogens is 537 g/mol. The highest BCUT2D eigenvalue weighted by atomic mass is 31.2. The standard InChI is InChI=1S/C23H30N5O10P/c1-5-35-20(30)13(2)27-39(33,38-14-9-7-6-8-10-14)36-11-15-17(29)23(3,32)21(37-15)28-12-24-16-18(28)25-22(31)26-19(16)34-4/h6-10,12-13,15,17,21,29,32H,5,11H2,1-4H3,(H,27,33)(H,25,26,31)/t13-,15+,17+,21+,23+,39?/m0/s1. The van der Waals surface area contributed by atoms with E-state index in [1.54, 1.807) is 37.3 Å². The number of aromatic amines is 1. The van der Waals surface area contributed by atoms with Gasteiger partial charge in [-0.15, -0.1) is 0 Å². The molecule has 15 nitrogen and oxygen atoms in total. The molecule has 39 heavy (non-hydrogen) atoms. The molecule has 3 heterocycles. The monoisotopic (exact) mass is 567 g/mol. The molecule has 0 aliphatic carbocycles. The van der Waals surface area contributed by atoms with E-state index in [0.717, 1.165) is 0 Å². The summed E-state index contributed by atoms with van der Waals surface area (Å²) in [5.41, 5.74) is -2.30. The van der Waals surface area contributed by atoms with E-state index in [9.17, 15) is 24.4 Å². The summed E-state index contributed by atoms with van der Waals surface area (Å²) >= 11 is 0. The Kier molecular flexibility index (Phi) is 8.39. The van der Waals surface area contributed by atoms with Gasteiger partial charge in [-0.3, -0.25) is 18.9 Å². The molecule has 1 saturated heterocycles. The minimum atomic E-state index is -4.25. The van der Waals surface area contributed by atoms with Crippen LogP contribution in [0.2, 0.25) is 0 Å². The number of rotatable bonds is 11. The van der Waals surface area contributed by atoms with Crippen molar-refractivity contribution in [2.24, 2.45) is 0 Å². The molecule has 0 spiro atoms. The number of benzene rings is 1. The first-order valence-electron chi connectivity index (χ1n) is 12.0. The van der Waals surface area contributed by atoms with Gasteiger partial charge in [0.2, 0.25) is 5.88 Å². The highest BCUT2D eigenvalue weighted by Gasteiger charge is 2.54. The molecule has 1 unspecified atom stereocenters. The van der Waals surface area contributed by atoms with Crippen molar-refractivity contribution in [3.63, 3.8) is 0 Å². The van der Waals surface area contributed by atoms with E-state index < -0.39 is 56.1 Å². The van der Waals surface area contributed by atoms with Crippen molar-refractivity contribution in [1.29, 1.82) is 0 Å². The topological polar surface area (TPSA) is 196 Å². The minimum absolute atomic E-state index is 0.0358. The van der Waals surface area contributed by atoms with Crippen molar-refractivity contribution in [2.45, 2.75) is 50.8 Å². The molecule has 16 heteroatoms.